The van der Waals surface area contributed by atoms with E-state index < -0.39 is 19.1 Å². The van der Waals surface area contributed by atoms with Gasteiger partial charge in [-0.05, 0) is 43.1 Å². The molecular formula is C26H25NO5. The van der Waals surface area contributed by atoms with Gasteiger partial charge in [-0.3, -0.25) is 24.1 Å². The third kappa shape index (κ3) is 3.44. The smallest absolute Gasteiger partial charge is 0.326 e. The van der Waals surface area contributed by atoms with Gasteiger partial charge in [0.15, 0.2) is 12.4 Å². The lowest BCUT2D eigenvalue weighted by Crippen LogP contribution is -2.38. The monoisotopic (exact) mass is 431 g/mol. The molecule has 0 aromatic heterocycles. The summed E-state index contributed by atoms with van der Waals surface area (Å²) in [5.74, 6) is -1.68. The van der Waals surface area contributed by atoms with Crippen LogP contribution in [0.5, 0.6) is 0 Å². The molecular weight excluding hydrogens is 406 g/mol. The Balaban J connectivity index is 1.22. The molecule has 3 fully saturated rings. The van der Waals surface area contributed by atoms with Gasteiger partial charge in [-0.15, -0.1) is 0 Å². The highest BCUT2D eigenvalue weighted by atomic mass is 16.5. The van der Waals surface area contributed by atoms with Gasteiger partial charge in [0.05, 0.1) is 11.8 Å². The van der Waals surface area contributed by atoms with Crippen LogP contribution in [0.2, 0.25) is 0 Å². The van der Waals surface area contributed by atoms with Crippen LogP contribution in [0.3, 0.4) is 0 Å². The molecule has 5 rings (SSSR count). The first-order chi connectivity index (χ1) is 15.4. The maximum Gasteiger partial charge on any atom is 0.326 e. The van der Waals surface area contributed by atoms with Crippen LogP contribution in [-0.2, 0) is 19.1 Å². The number of rotatable bonds is 6. The molecule has 2 aliphatic carbocycles. The fraction of sp³-hybridized carbons (Fsp3) is 0.385. The third-order valence-corrected chi connectivity index (χ3v) is 7.36. The molecule has 6 heteroatoms. The van der Waals surface area contributed by atoms with Crippen molar-refractivity contribution in [1.29, 1.82) is 0 Å². The summed E-state index contributed by atoms with van der Waals surface area (Å²) >= 11 is 0. The summed E-state index contributed by atoms with van der Waals surface area (Å²) in [4.78, 5) is 51.7. The SMILES string of the molecule is Cc1ccc(C(=O)COC(=O)CN2C(=O)[C@H]3[C@@H]4C[C@@H]([C@@H]3C2=O)[C@@H](c2ccccc2)C4)cc1. The Morgan fingerprint density at radius 3 is 2.34 bits per heavy atom. The van der Waals surface area contributed by atoms with E-state index in [0.29, 0.717) is 5.56 Å². The molecule has 1 heterocycles. The van der Waals surface area contributed by atoms with Gasteiger partial charge in [0, 0.05) is 5.56 Å². The average molecular weight is 431 g/mol. The molecule has 164 valence electrons. The molecule has 0 spiro atoms. The molecule has 1 saturated heterocycles. The van der Waals surface area contributed by atoms with Crippen LogP contribution >= 0.6 is 0 Å². The van der Waals surface area contributed by atoms with Gasteiger partial charge in [0.25, 0.3) is 0 Å². The highest BCUT2D eigenvalue weighted by Crippen LogP contribution is 2.61. The number of esters is 1. The summed E-state index contributed by atoms with van der Waals surface area (Å²) in [5.41, 5.74) is 2.69. The fourth-order valence-corrected chi connectivity index (χ4v) is 5.90. The van der Waals surface area contributed by atoms with Crippen LogP contribution in [-0.4, -0.2) is 41.6 Å². The van der Waals surface area contributed by atoms with Crippen LogP contribution in [0.1, 0.15) is 40.2 Å². The molecule has 6 nitrogen and oxygen atoms in total. The van der Waals surface area contributed by atoms with Crippen LogP contribution in [0.4, 0.5) is 0 Å². The first-order valence-corrected chi connectivity index (χ1v) is 11.1. The molecule has 0 unspecified atom stereocenters. The molecule has 5 atom stereocenters. The van der Waals surface area contributed by atoms with E-state index >= 15 is 0 Å². The van der Waals surface area contributed by atoms with Crippen molar-refractivity contribution in [3.05, 3.63) is 71.3 Å². The molecule has 1 aliphatic heterocycles. The molecule has 2 aromatic carbocycles. The van der Waals surface area contributed by atoms with E-state index in [1.807, 2.05) is 37.3 Å². The van der Waals surface area contributed by atoms with Gasteiger partial charge < -0.3 is 4.74 Å². The minimum Gasteiger partial charge on any atom is -0.456 e. The Morgan fingerprint density at radius 1 is 0.938 bits per heavy atom. The van der Waals surface area contributed by atoms with Crippen LogP contribution in [0.15, 0.2) is 54.6 Å². The Bertz CT molecular complexity index is 1080. The molecule has 0 N–H and O–H groups in total. The quantitative estimate of drug-likeness (QED) is 0.399. The number of carbonyl (C=O) groups is 4. The Hall–Kier alpha value is -3.28. The molecule has 2 amide bonds. The molecule has 2 aromatic rings. The lowest BCUT2D eigenvalue weighted by molar-refractivity contribution is -0.152. The van der Waals surface area contributed by atoms with E-state index in [0.717, 1.165) is 23.3 Å². The number of carbonyl (C=O) groups excluding carboxylic acids is 4. The van der Waals surface area contributed by atoms with E-state index in [4.69, 9.17) is 4.74 Å². The summed E-state index contributed by atoms with van der Waals surface area (Å²) in [6.07, 6.45) is 1.79. The summed E-state index contributed by atoms with van der Waals surface area (Å²) in [5, 5.41) is 0. The van der Waals surface area contributed by atoms with Gasteiger partial charge in [0.2, 0.25) is 11.8 Å². The van der Waals surface area contributed by atoms with Gasteiger partial charge in [-0.1, -0.05) is 60.2 Å². The second kappa shape index (κ2) is 8.01. The second-order valence-electron chi connectivity index (χ2n) is 9.18. The van der Waals surface area contributed by atoms with Crippen molar-refractivity contribution in [2.45, 2.75) is 25.7 Å². The van der Waals surface area contributed by atoms with Crippen molar-refractivity contribution in [1.82, 2.24) is 4.90 Å². The van der Waals surface area contributed by atoms with Crippen LogP contribution < -0.4 is 0 Å². The summed E-state index contributed by atoms with van der Waals surface area (Å²) in [6, 6.07) is 17.1. The lowest BCUT2D eigenvalue weighted by atomic mass is 9.73. The first-order valence-electron chi connectivity index (χ1n) is 11.1. The predicted molar refractivity (Wildman–Crippen MR) is 116 cm³/mol. The van der Waals surface area contributed by atoms with Gasteiger partial charge >= 0.3 is 5.97 Å². The van der Waals surface area contributed by atoms with Crippen LogP contribution in [0.25, 0.3) is 0 Å². The standard InChI is InChI=1S/C26H25NO5/c1-15-7-9-17(10-8-15)21(28)14-32-22(29)13-27-25(30)23-18-11-19(16-5-3-2-4-6-16)20(12-18)24(23)26(27)31/h2-10,18-20,23-24H,11-14H2,1H3/t18-,19+,20+,23-,24-/m0/s1. The Labute approximate surface area is 186 Å². The molecule has 0 radical (unpaired) electrons. The van der Waals surface area contributed by atoms with E-state index in [9.17, 15) is 19.2 Å². The second-order valence-corrected chi connectivity index (χ2v) is 9.18. The number of hydrogen-bond acceptors (Lipinski definition) is 5. The number of ether oxygens (including phenoxy) is 1. The summed E-state index contributed by atoms with van der Waals surface area (Å²) < 4.78 is 5.09. The zero-order valence-corrected chi connectivity index (χ0v) is 17.9. The number of hydrogen-bond donors (Lipinski definition) is 0. The lowest BCUT2D eigenvalue weighted by Gasteiger charge is -2.28. The maximum absolute atomic E-state index is 13.1. The highest BCUT2D eigenvalue weighted by Gasteiger charge is 2.64. The molecule has 32 heavy (non-hydrogen) atoms. The number of ketones is 1. The van der Waals surface area contributed by atoms with Crippen molar-refractivity contribution in [3.8, 4) is 0 Å². The predicted octanol–water partition coefficient (Wildman–Crippen LogP) is 3.15. The number of aryl methyl sites for hydroxylation is 1. The van der Waals surface area contributed by atoms with Crippen molar-refractivity contribution in [3.63, 3.8) is 0 Å². The average Bonchev–Trinajstić information content (AvgIpc) is 3.46. The number of likely N-dealkylation sites (tertiary alicyclic amines) is 1. The van der Waals surface area contributed by atoms with E-state index in [-0.39, 0.29) is 47.2 Å². The maximum atomic E-state index is 13.1. The van der Waals surface area contributed by atoms with Crippen molar-refractivity contribution in [2.24, 2.45) is 23.7 Å². The highest BCUT2D eigenvalue weighted by molar-refractivity contribution is 6.08. The zero-order valence-electron chi connectivity index (χ0n) is 17.9. The molecule has 3 aliphatic rings. The fourth-order valence-electron chi connectivity index (χ4n) is 5.90. The molecule has 2 bridgehead atoms. The molecule has 2 saturated carbocycles. The van der Waals surface area contributed by atoms with Crippen molar-refractivity contribution >= 4 is 23.6 Å². The van der Waals surface area contributed by atoms with Crippen molar-refractivity contribution < 1.29 is 23.9 Å². The minimum atomic E-state index is -0.737. The largest absolute Gasteiger partial charge is 0.456 e. The number of imide groups is 1. The van der Waals surface area contributed by atoms with E-state index in [1.54, 1.807) is 12.1 Å². The number of nitrogens with zero attached hydrogens (tertiary/aromatic N) is 1. The van der Waals surface area contributed by atoms with E-state index in [1.165, 1.54) is 5.56 Å². The zero-order chi connectivity index (χ0) is 22.4. The minimum absolute atomic E-state index is 0.132. The van der Waals surface area contributed by atoms with E-state index in [2.05, 4.69) is 12.1 Å². The summed E-state index contributed by atoms with van der Waals surface area (Å²) in [6.45, 7) is 1.08. The number of benzene rings is 2. The third-order valence-electron chi connectivity index (χ3n) is 7.36. The number of Topliss-reactive ketones (excluding diaryl/α,β-unsaturated/α-hetero) is 1. The Morgan fingerprint density at radius 2 is 1.62 bits per heavy atom. The normalized spacial score (nSPS) is 28.2. The first kappa shape index (κ1) is 20.6. The van der Waals surface area contributed by atoms with Crippen molar-refractivity contribution in [2.75, 3.05) is 13.2 Å². The van der Waals surface area contributed by atoms with Gasteiger partial charge in [-0.25, -0.2) is 0 Å². The van der Waals surface area contributed by atoms with Crippen LogP contribution in [0, 0.1) is 30.6 Å². The topological polar surface area (TPSA) is 80.8 Å². The Kier molecular flexibility index (Phi) is 5.16. The van der Waals surface area contributed by atoms with Gasteiger partial charge in [-0.2, -0.15) is 0 Å². The number of fused-ring (bicyclic) bond motifs is 5. The van der Waals surface area contributed by atoms with Gasteiger partial charge in [0.1, 0.15) is 6.54 Å². The number of amides is 2. The summed E-state index contributed by atoms with van der Waals surface area (Å²) in [7, 11) is 0.